The highest BCUT2D eigenvalue weighted by Crippen LogP contribution is 2.19. The van der Waals surface area contributed by atoms with E-state index in [1.165, 1.54) is 11.6 Å². The number of hydrogen-bond donors (Lipinski definition) is 1. The summed E-state index contributed by atoms with van der Waals surface area (Å²) in [6.07, 6.45) is 0. The summed E-state index contributed by atoms with van der Waals surface area (Å²) in [5.74, 6) is -0.209. The van der Waals surface area contributed by atoms with E-state index in [0.29, 0.717) is 18.2 Å². The minimum atomic E-state index is -0.209. The minimum Gasteiger partial charge on any atom is -0.310 e. The van der Waals surface area contributed by atoms with Crippen LogP contribution in [0.5, 0.6) is 0 Å². The first-order valence-corrected chi connectivity index (χ1v) is 7.88. The molecule has 0 atom stereocenters. The van der Waals surface area contributed by atoms with Crippen molar-refractivity contribution in [2.75, 3.05) is 0 Å². The van der Waals surface area contributed by atoms with Crippen molar-refractivity contribution in [2.24, 2.45) is 0 Å². The van der Waals surface area contributed by atoms with Crippen LogP contribution in [0.25, 0.3) is 0 Å². The molecule has 0 radical (unpaired) electrons. The Hall–Kier alpha value is -1.20. The Morgan fingerprint density at radius 3 is 2.67 bits per heavy atom. The van der Waals surface area contributed by atoms with Crippen LogP contribution in [0.2, 0.25) is 0 Å². The molecule has 2 aromatic rings. The highest BCUT2D eigenvalue weighted by atomic mass is 79.9. The van der Waals surface area contributed by atoms with E-state index < -0.39 is 0 Å². The summed E-state index contributed by atoms with van der Waals surface area (Å²) in [4.78, 5) is 0. The van der Waals surface area contributed by atoms with Crippen molar-refractivity contribution in [3.8, 4) is 0 Å². The number of aryl methyl sites for hydroxylation is 1. The molecule has 1 aromatic carbocycles. The number of benzene rings is 1. The highest BCUT2D eigenvalue weighted by Gasteiger charge is 2.13. The van der Waals surface area contributed by atoms with Gasteiger partial charge in [0.15, 0.2) is 0 Å². The van der Waals surface area contributed by atoms with Crippen LogP contribution in [0.1, 0.15) is 36.4 Å². The molecule has 0 aliphatic heterocycles. The van der Waals surface area contributed by atoms with Gasteiger partial charge in [-0.2, -0.15) is 5.10 Å². The molecule has 5 heteroatoms. The zero-order valence-electron chi connectivity index (χ0n) is 12.9. The van der Waals surface area contributed by atoms with Gasteiger partial charge in [0, 0.05) is 33.9 Å². The summed E-state index contributed by atoms with van der Waals surface area (Å²) in [7, 11) is 0. The predicted molar refractivity (Wildman–Crippen MR) is 86.9 cm³/mol. The van der Waals surface area contributed by atoms with Crippen LogP contribution in [0.15, 0.2) is 22.7 Å². The Bertz CT molecular complexity index is 635. The maximum Gasteiger partial charge on any atom is 0.129 e. The average Bonchev–Trinajstić information content (AvgIpc) is 2.65. The first-order valence-electron chi connectivity index (χ1n) is 7.08. The van der Waals surface area contributed by atoms with Crippen molar-refractivity contribution in [1.29, 1.82) is 0 Å². The molecule has 0 spiro atoms. The van der Waals surface area contributed by atoms with Crippen LogP contribution in [0.3, 0.4) is 0 Å². The smallest absolute Gasteiger partial charge is 0.129 e. The summed E-state index contributed by atoms with van der Waals surface area (Å²) >= 11 is 3.28. The first kappa shape index (κ1) is 16.2. The molecule has 3 nitrogen and oxygen atoms in total. The number of nitrogens with one attached hydrogen (secondary N) is 1. The first-order chi connectivity index (χ1) is 9.88. The van der Waals surface area contributed by atoms with Crippen molar-refractivity contribution in [3.63, 3.8) is 0 Å². The van der Waals surface area contributed by atoms with E-state index in [2.05, 4.69) is 40.2 Å². The standard InChI is InChI=1S/C16H21BrFN3/c1-10(2)19-8-15-11(3)20-21(12(15)4)9-13-5-6-14(17)7-16(13)18/h5-7,10,19H,8-9H2,1-4H3. The topological polar surface area (TPSA) is 29.9 Å². The van der Waals surface area contributed by atoms with E-state index >= 15 is 0 Å². The summed E-state index contributed by atoms with van der Waals surface area (Å²) in [6.45, 7) is 9.51. The third kappa shape index (κ3) is 3.92. The van der Waals surface area contributed by atoms with Gasteiger partial charge in [-0.25, -0.2) is 4.39 Å². The summed E-state index contributed by atoms with van der Waals surface area (Å²) < 4.78 is 16.6. The fourth-order valence-corrected chi connectivity index (χ4v) is 2.59. The fourth-order valence-electron chi connectivity index (χ4n) is 2.26. The molecule has 0 bridgehead atoms. The maximum absolute atomic E-state index is 13.9. The zero-order valence-corrected chi connectivity index (χ0v) is 14.5. The van der Waals surface area contributed by atoms with Crippen molar-refractivity contribution in [3.05, 3.63) is 51.0 Å². The lowest BCUT2D eigenvalue weighted by molar-refractivity contribution is 0.574. The van der Waals surface area contributed by atoms with E-state index in [1.54, 1.807) is 6.07 Å². The fraction of sp³-hybridized carbons (Fsp3) is 0.438. The average molecular weight is 354 g/mol. The highest BCUT2D eigenvalue weighted by molar-refractivity contribution is 9.10. The predicted octanol–water partition coefficient (Wildman–Crippen LogP) is 3.95. The van der Waals surface area contributed by atoms with Crippen LogP contribution in [-0.4, -0.2) is 15.8 Å². The van der Waals surface area contributed by atoms with Crippen LogP contribution < -0.4 is 5.32 Å². The molecule has 1 aromatic heterocycles. The Morgan fingerprint density at radius 2 is 2.05 bits per heavy atom. The van der Waals surface area contributed by atoms with Crippen molar-refractivity contribution in [1.82, 2.24) is 15.1 Å². The van der Waals surface area contributed by atoms with E-state index in [1.807, 2.05) is 24.6 Å². The van der Waals surface area contributed by atoms with Gasteiger partial charge >= 0.3 is 0 Å². The van der Waals surface area contributed by atoms with Gasteiger partial charge in [0.2, 0.25) is 0 Å². The van der Waals surface area contributed by atoms with Gasteiger partial charge in [-0.15, -0.1) is 0 Å². The number of halogens is 2. The van der Waals surface area contributed by atoms with E-state index in [4.69, 9.17) is 0 Å². The molecule has 0 aliphatic rings. The molecule has 1 N–H and O–H groups in total. The lowest BCUT2D eigenvalue weighted by atomic mass is 10.1. The summed E-state index contributed by atoms with van der Waals surface area (Å²) in [5, 5.41) is 7.95. The Kier molecular flexibility index (Phi) is 5.17. The van der Waals surface area contributed by atoms with Crippen molar-refractivity contribution >= 4 is 15.9 Å². The molecule has 2 rings (SSSR count). The van der Waals surface area contributed by atoms with E-state index in [9.17, 15) is 4.39 Å². The lowest BCUT2D eigenvalue weighted by Crippen LogP contribution is -2.22. The molecule has 1 heterocycles. The van der Waals surface area contributed by atoms with Gasteiger partial charge in [-0.05, 0) is 26.0 Å². The van der Waals surface area contributed by atoms with E-state index in [0.717, 1.165) is 22.4 Å². The molecular formula is C16H21BrFN3. The van der Waals surface area contributed by atoms with Gasteiger partial charge < -0.3 is 5.32 Å². The van der Waals surface area contributed by atoms with Crippen LogP contribution in [0.4, 0.5) is 4.39 Å². The van der Waals surface area contributed by atoms with Gasteiger partial charge in [0.25, 0.3) is 0 Å². The lowest BCUT2D eigenvalue weighted by Gasteiger charge is -2.09. The quantitative estimate of drug-likeness (QED) is 0.881. The van der Waals surface area contributed by atoms with E-state index in [-0.39, 0.29) is 5.82 Å². The monoisotopic (exact) mass is 353 g/mol. The second-order valence-corrected chi connectivity index (χ2v) is 6.49. The summed E-state index contributed by atoms with van der Waals surface area (Å²) in [5.41, 5.74) is 3.93. The second-order valence-electron chi connectivity index (χ2n) is 5.58. The Labute approximate surface area is 133 Å². The molecule has 21 heavy (non-hydrogen) atoms. The van der Waals surface area contributed by atoms with Gasteiger partial charge in [0.05, 0.1) is 12.2 Å². The Morgan fingerprint density at radius 1 is 1.33 bits per heavy atom. The van der Waals surface area contributed by atoms with Crippen molar-refractivity contribution < 1.29 is 4.39 Å². The van der Waals surface area contributed by atoms with Gasteiger partial charge in [-0.3, -0.25) is 4.68 Å². The van der Waals surface area contributed by atoms with Gasteiger partial charge in [0.1, 0.15) is 5.82 Å². The molecule has 0 fully saturated rings. The SMILES string of the molecule is Cc1nn(Cc2ccc(Br)cc2F)c(C)c1CNC(C)C. The normalized spacial score (nSPS) is 11.4. The van der Waals surface area contributed by atoms with Crippen LogP contribution in [0, 0.1) is 19.7 Å². The number of aromatic nitrogens is 2. The second kappa shape index (κ2) is 6.71. The third-order valence-corrected chi connectivity index (χ3v) is 4.05. The molecule has 114 valence electrons. The summed E-state index contributed by atoms with van der Waals surface area (Å²) in [6, 6.07) is 5.56. The maximum atomic E-state index is 13.9. The largest absolute Gasteiger partial charge is 0.310 e. The third-order valence-electron chi connectivity index (χ3n) is 3.55. The number of rotatable bonds is 5. The molecule has 0 saturated carbocycles. The molecule has 0 aliphatic carbocycles. The molecular weight excluding hydrogens is 333 g/mol. The number of nitrogens with zero attached hydrogens (tertiary/aromatic N) is 2. The van der Waals surface area contributed by atoms with Gasteiger partial charge in [-0.1, -0.05) is 35.8 Å². The van der Waals surface area contributed by atoms with Crippen LogP contribution in [-0.2, 0) is 13.1 Å². The molecule has 0 amide bonds. The Balaban J connectivity index is 2.23. The number of hydrogen-bond acceptors (Lipinski definition) is 2. The molecule has 0 saturated heterocycles. The van der Waals surface area contributed by atoms with Crippen molar-refractivity contribution in [2.45, 2.75) is 46.8 Å². The molecule has 0 unspecified atom stereocenters. The zero-order chi connectivity index (χ0) is 15.6. The van der Waals surface area contributed by atoms with Crippen LogP contribution >= 0.6 is 15.9 Å². The minimum absolute atomic E-state index is 0.209.